The quantitative estimate of drug-likeness (QED) is 0.581. The van der Waals surface area contributed by atoms with Crippen molar-refractivity contribution in [2.24, 2.45) is 0 Å². The first kappa shape index (κ1) is 18.2. The number of ether oxygens (including phenoxy) is 1. The molecular weight excluding hydrogens is 341 g/mol. The standard InChI is InChI=1S/C20H21F3N2O/c1-3-5-18(14-8-10-16(11-9-14)26-20(21,22)23)25-13(2)12-15-6-4-7-17(24)19(15)25/h4,6-12,18H,3,5,24H2,1-2H3. The van der Waals surface area contributed by atoms with Crippen molar-refractivity contribution >= 4 is 16.6 Å². The number of anilines is 1. The number of aryl methyl sites for hydroxylation is 1. The number of hydrogen-bond acceptors (Lipinski definition) is 2. The lowest BCUT2D eigenvalue weighted by atomic mass is 10.0. The maximum absolute atomic E-state index is 12.4. The second-order valence-electron chi connectivity index (χ2n) is 6.36. The topological polar surface area (TPSA) is 40.2 Å². The molecule has 1 unspecified atom stereocenters. The predicted molar refractivity (Wildman–Crippen MR) is 97.3 cm³/mol. The Morgan fingerprint density at radius 3 is 2.42 bits per heavy atom. The number of para-hydroxylation sites is 1. The zero-order chi connectivity index (χ0) is 18.9. The SMILES string of the molecule is CCCC(c1ccc(OC(F)(F)F)cc1)n1c(C)cc2cccc(N)c21. The molecule has 0 bridgehead atoms. The van der Waals surface area contributed by atoms with E-state index in [1.165, 1.54) is 12.1 Å². The number of fused-ring (bicyclic) bond motifs is 1. The summed E-state index contributed by atoms with van der Waals surface area (Å²) >= 11 is 0. The van der Waals surface area contributed by atoms with Gasteiger partial charge in [-0.1, -0.05) is 37.6 Å². The molecule has 2 N–H and O–H groups in total. The molecule has 0 aliphatic heterocycles. The van der Waals surface area contributed by atoms with E-state index in [-0.39, 0.29) is 11.8 Å². The molecule has 2 aromatic carbocycles. The van der Waals surface area contributed by atoms with Gasteiger partial charge < -0.3 is 15.0 Å². The predicted octanol–water partition coefficient (Wildman–Crippen LogP) is 5.82. The Hall–Kier alpha value is -2.63. The molecule has 6 heteroatoms. The van der Waals surface area contributed by atoms with E-state index in [1.54, 1.807) is 12.1 Å². The Kier molecular flexibility index (Phi) is 4.85. The summed E-state index contributed by atoms with van der Waals surface area (Å²) in [6.07, 6.45) is -2.91. The minimum Gasteiger partial charge on any atom is -0.406 e. The number of aromatic nitrogens is 1. The van der Waals surface area contributed by atoms with Gasteiger partial charge >= 0.3 is 6.36 Å². The van der Waals surface area contributed by atoms with Crippen molar-refractivity contribution in [3.05, 3.63) is 59.8 Å². The van der Waals surface area contributed by atoms with Gasteiger partial charge in [-0.2, -0.15) is 0 Å². The average Bonchev–Trinajstić information content (AvgIpc) is 2.89. The number of benzene rings is 2. The van der Waals surface area contributed by atoms with E-state index >= 15 is 0 Å². The van der Waals surface area contributed by atoms with Gasteiger partial charge in [0.1, 0.15) is 5.75 Å². The number of rotatable bonds is 5. The molecule has 0 aliphatic rings. The fourth-order valence-corrected chi connectivity index (χ4v) is 3.46. The van der Waals surface area contributed by atoms with Gasteiger partial charge in [-0.3, -0.25) is 0 Å². The second-order valence-corrected chi connectivity index (χ2v) is 6.36. The Labute approximate surface area is 150 Å². The maximum atomic E-state index is 12.4. The third-order valence-electron chi connectivity index (χ3n) is 4.46. The van der Waals surface area contributed by atoms with Crippen molar-refractivity contribution < 1.29 is 17.9 Å². The molecule has 0 fully saturated rings. The normalized spacial score (nSPS) is 13.1. The minimum atomic E-state index is -4.69. The van der Waals surface area contributed by atoms with E-state index in [4.69, 9.17) is 5.73 Å². The molecule has 138 valence electrons. The zero-order valence-electron chi connectivity index (χ0n) is 14.7. The number of halogens is 3. The molecule has 0 saturated carbocycles. The summed E-state index contributed by atoms with van der Waals surface area (Å²) in [7, 11) is 0. The summed E-state index contributed by atoms with van der Waals surface area (Å²) in [5.41, 5.74) is 9.84. The van der Waals surface area contributed by atoms with Crippen LogP contribution < -0.4 is 10.5 Å². The van der Waals surface area contributed by atoms with Crippen LogP contribution in [0.2, 0.25) is 0 Å². The van der Waals surface area contributed by atoms with Crippen molar-refractivity contribution in [3.8, 4) is 5.75 Å². The van der Waals surface area contributed by atoms with E-state index in [9.17, 15) is 13.2 Å². The first-order valence-electron chi connectivity index (χ1n) is 8.52. The lowest BCUT2D eigenvalue weighted by Crippen LogP contribution is -2.17. The van der Waals surface area contributed by atoms with Crippen molar-refractivity contribution in [1.29, 1.82) is 0 Å². The lowest BCUT2D eigenvalue weighted by Gasteiger charge is -2.23. The van der Waals surface area contributed by atoms with E-state index in [2.05, 4.69) is 22.3 Å². The molecule has 3 rings (SSSR count). The van der Waals surface area contributed by atoms with Crippen molar-refractivity contribution in [3.63, 3.8) is 0 Å². The van der Waals surface area contributed by atoms with Gasteiger partial charge in [0.05, 0.1) is 17.2 Å². The first-order valence-corrected chi connectivity index (χ1v) is 8.52. The molecule has 1 aromatic heterocycles. The van der Waals surface area contributed by atoms with E-state index in [0.29, 0.717) is 5.69 Å². The van der Waals surface area contributed by atoms with Crippen LogP contribution in [0.15, 0.2) is 48.5 Å². The van der Waals surface area contributed by atoms with Crippen LogP contribution in [0.5, 0.6) is 5.75 Å². The van der Waals surface area contributed by atoms with E-state index < -0.39 is 6.36 Å². The maximum Gasteiger partial charge on any atom is 0.573 e. The monoisotopic (exact) mass is 362 g/mol. The van der Waals surface area contributed by atoms with Crippen LogP contribution in [0.4, 0.5) is 18.9 Å². The molecule has 0 aliphatic carbocycles. The Morgan fingerprint density at radius 2 is 1.81 bits per heavy atom. The molecular formula is C20H21F3N2O. The summed E-state index contributed by atoms with van der Waals surface area (Å²) < 4.78 is 43.3. The first-order chi connectivity index (χ1) is 12.3. The molecule has 1 atom stereocenters. The number of nitrogens with two attached hydrogens (primary N) is 1. The summed E-state index contributed by atoms with van der Waals surface area (Å²) in [4.78, 5) is 0. The third kappa shape index (κ3) is 3.64. The van der Waals surface area contributed by atoms with Crippen LogP contribution in [-0.4, -0.2) is 10.9 Å². The van der Waals surface area contributed by atoms with Gasteiger partial charge in [-0.25, -0.2) is 0 Å². The molecule has 3 aromatic rings. The number of nitrogens with zero attached hydrogens (tertiary/aromatic N) is 1. The molecule has 0 saturated heterocycles. The Bertz CT molecular complexity index is 898. The Balaban J connectivity index is 2.04. The van der Waals surface area contributed by atoms with Crippen molar-refractivity contribution in [2.75, 3.05) is 5.73 Å². The summed E-state index contributed by atoms with van der Waals surface area (Å²) in [5.74, 6) is -0.218. The fourth-order valence-electron chi connectivity index (χ4n) is 3.46. The summed E-state index contributed by atoms with van der Waals surface area (Å²) in [6.45, 7) is 4.10. The molecule has 1 heterocycles. The molecule has 0 amide bonds. The summed E-state index contributed by atoms with van der Waals surface area (Å²) in [5, 5.41) is 1.06. The van der Waals surface area contributed by atoms with E-state index in [1.807, 2.05) is 25.1 Å². The molecule has 0 radical (unpaired) electrons. The smallest absolute Gasteiger partial charge is 0.406 e. The van der Waals surface area contributed by atoms with Gasteiger partial charge in [0.15, 0.2) is 0 Å². The molecule has 3 nitrogen and oxygen atoms in total. The second kappa shape index (κ2) is 6.94. The minimum absolute atomic E-state index is 0.0119. The van der Waals surface area contributed by atoms with Crippen LogP contribution in [0, 0.1) is 6.92 Å². The zero-order valence-corrected chi connectivity index (χ0v) is 14.7. The highest BCUT2D eigenvalue weighted by Crippen LogP contribution is 2.34. The van der Waals surface area contributed by atoms with E-state index in [0.717, 1.165) is 35.0 Å². The van der Waals surface area contributed by atoms with Crippen LogP contribution >= 0.6 is 0 Å². The highest BCUT2D eigenvalue weighted by atomic mass is 19.4. The van der Waals surface area contributed by atoms with Gasteiger partial charge in [0, 0.05) is 11.1 Å². The average molecular weight is 362 g/mol. The van der Waals surface area contributed by atoms with Crippen molar-refractivity contribution in [2.45, 2.75) is 39.1 Å². The molecule has 0 spiro atoms. The Morgan fingerprint density at radius 1 is 1.12 bits per heavy atom. The van der Waals surface area contributed by atoms with Crippen molar-refractivity contribution in [1.82, 2.24) is 4.57 Å². The van der Waals surface area contributed by atoms with Gasteiger partial charge in [-0.15, -0.1) is 13.2 Å². The number of alkyl halides is 3. The van der Waals surface area contributed by atoms with Crippen LogP contribution in [0.1, 0.15) is 37.1 Å². The summed E-state index contributed by atoms with van der Waals surface area (Å²) in [6, 6.07) is 13.9. The van der Waals surface area contributed by atoms with Gasteiger partial charge in [-0.05, 0) is 43.2 Å². The number of nitrogen functional groups attached to an aromatic ring is 1. The number of hydrogen-bond donors (Lipinski definition) is 1. The van der Waals surface area contributed by atoms with Crippen LogP contribution in [0.3, 0.4) is 0 Å². The third-order valence-corrected chi connectivity index (χ3v) is 4.46. The van der Waals surface area contributed by atoms with Gasteiger partial charge in [0.2, 0.25) is 0 Å². The highest BCUT2D eigenvalue weighted by Gasteiger charge is 2.31. The lowest BCUT2D eigenvalue weighted by molar-refractivity contribution is -0.274. The largest absolute Gasteiger partial charge is 0.573 e. The van der Waals surface area contributed by atoms with Gasteiger partial charge in [0.25, 0.3) is 0 Å². The highest BCUT2D eigenvalue weighted by molar-refractivity contribution is 5.91. The van der Waals surface area contributed by atoms with Crippen LogP contribution in [0.25, 0.3) is 10.9 Å². The fraction of sp³-hybridized carbons (Fsp3) is 0.300. The van der Waals surface area contributed by atoms with Crippen LogP contribution in [-0.2, 0) is 0 Å². The molecule has 26 heavy (non-hydrogen) atoms.